The van der Waals surface area contributed by atoms with Crippen molar-refractivity contribution in [2.24, 2.45) is 11.8 Å². The third kappa shape index (κ3) is 2.37. The number of rotatable bonds is 6. The Bertz CT molecular complexity index is 634. The molecule has 0 aromatic carbocycles. The Morgan fingerprint density at radius 1 is 1.17 bits per heavy atom. The Balaban J connectivity index is 2.77. The zero-order valence-corrected chi connectivity index (χ0v) is 13.2. The number of amides is 1. The smallest absolute Gasteiger partial charge is 0.316 e. The van der Waals surface area contributed by atoms with Crippen molar-refractivity contribution in [2.45, 2.75) is 25.8 Å². The topological polar surface area (TPSA) is 98.1 Å². The van der Waals surface area contributed by atoms with Gasteiger partial charge in [0, 0.05) is 13.0 Å². The van der Waals surface area contributed by atoms with E-state index >= 15 is 0 Å². The van der Waals surface area contributed by atoms with Crippen molar-refractivity contribution in [2.75, 3.05) is 6.54 Å². The number of carboxylic acids is 2. The largest absolute Gasteiger partial charge is 0.481 e. The van der Waals surface area contributed by atoms with Crippen LogP contribution in [-0.4, -0.2) is 50.2 Å². The monoisotopic (exact) mass is 320 g/mol. The van der Waals surface area contributed by atoms with E-state index in [-0.39, 0.29) is 18.0 Å². The number of hydrazine groups is 1. The van der Waals surface area contributed by atoms with Crippen molar-refractivity contribution in [3.63, 3.8) is 0 Å². The lowest BCUT2D eigenvalue weighted by molar-refractivity contribution is -0.142. The molecule has 0 aromatic heterocycles. The number of hydrogen-bond acceptors (Lipinski definition) is 4. The zero-order chi connectivity index (χ0) is 17.5. The first kappa shape index (κ1) is 17.0. The predicted octanol–water partition coefficient (Wildman–Crippen LogP) is 1.26. The maximum absolute atomic E-state index is 12.3. The van der Waals surface area contributed by atoms with E-state index in [9.17, 15) is 24.6 Å². The maximum atomic E-state index is 12.3. The molecule has 1 amide bonds. The lowest BCUT2D eigenvalue weighted by Crippen LogP contribution is -2.46. The van der Waals surface area contributed by atoms with Crippen LogP contribution in [0.1, 0.15) is 20.3 Å². The molecule has 2 rings (SSSR count). The molecule has 2 aliphatic heterocycles. The van der Waals surface area contributed by atoms with E-state index in [0.29, 0.717) is 12.1 Å². The van der Waals surface area contributed by atoms with Crippen molar-refractivity contribution >= 4 is 17.8 Å². The van der Waals surface area contributed by atoms with Crippen LogP contribution in [0.25, 0.3) is 0 Å². The van der Waals surface area contributed by atoms with Gasteiger partial charge in [0.2, 0.25) is 5.91 Å². The Morgan fingerprint density at radius 3 is 2.13 bits per heavy atom. The highest BCUT2D eigenvalue weighted by Crippen LogP contribution is 2.47. The average molecular weight is 320 g/mol. The number of nitrogens with zero attached hydrogens (tertiary/aromatic N) is 2. The van der Waals surface area contributed by atoms with Crippen LogP contribution in [0.2, 0.25) is 0 Å². The van der Waals surface area contributed by atoms with Gasteiger partial charge in [0.05, 0.1) is 17.2 Å². The number of carboxylic acid groups (broad SMARTS) is 2. The molecule has 0 spiro atoms. The second-order valence-electron chi connectivity index (χ2n) is 6.04. The first-order valence-electron chi connectivity index (χ1n) is 7.24. The van der Waals surface area contributed by atoms with E-state index < -0.39 is 29.3 Å². The first-order chi connectivity index (χ1) is 10.7. The van der Waals surface area contributed by atoms with Gasteiger partial charge in [-0.15, -0.1) is 13.2 Å². The van der Waals surface area contributed by atoms with E-state index in [1.54, 1.807) is 18.9 Å². The van der Waals surface area contributed by atoms with E-state index in [2.05, 4.69) is 13.2 Å². The molecule has 0 bridgehead atoms. The van der Waals surface area contributed by atoms with Crippen molar-refractivity contribution < 1.29 is 24.6 Å². The van der Waals surface area contributed by atoms with Crippen molar-refractivity contribution in [3.05, 3.63) is 36.6 Å². The average Bonchev–Trinajstić information content (AvgIpc) is 2.92. The molecule has 7 nitrogen and oxygen atoms in total. The molecule has 2 atom stereocenters. The fourth-order valence-electron chi connectivity index (χ4n) is 3.41. The van der Waals surface area contributed by atoms with Gasteiger partial charge in [0.25, 0.3) is 0 Å². The van der Waals surface area contributed by atoms with Crippen molar-refractivity contribution in [3.8, 4) is 0 Å². The highest BCUT2D eigenvalue weighted by Gasteiger charge is 2.54. The van der Waals surface area contributed by atoms with Gasteiger partial charge < -0.3 is 10.2 Å². The summed E-state index contributed by atoms with van der Waals surface area (Å²) in [7, 11) is 0. The highest BCUT2D eigenvalue weighted by molar-refractivity contribution is 5.87. The molecule has 0 aliphatic carbocycles. The van der Waals surface area contributed by atoms with Gasteiger partial charge in [-0.2, -0.15) is 0 Å². The molecule has 0 saturated carbocycles. The predicted molar refractivity (Wildman–Crippen MR) is 81.9 cm³/mol. The number of carbonyl (C=O) groups excluding carboxylic acids is 1. The van der Waals surface area contributed by atoms with E-state index in [1.165, 1.54) is 17.2 Å². The van der Waals surface area contributed by atoms with Crippen LogP contribution in [0, 0.1) is 11.8 Å². The molecular weight excluding hydrogens is 300 g/mol. The normalized spacial score (nSPS) is 22.7. The quantitative estimate of drug-likeness (QED) is 0.715. The Hall–Kier alpha value is -2.41. The number of hydrogen-bond donors (Lipinski definition) is 2. The summed E-state index contributed by atoms with van der Waals surface area (Å²) in [5, 5.41) is 22.0. The van der Waals surface area contributed by atoms with Crippen molar-refractivity contribution in [1.82, 2.24) is 10.0 Å². The van der Waals surface area contributed by atoms with E-state index in [4.69, 9.17) is 0 Å². The summed E-state index contributed by atoms with van der Waals surface area (Å²) in [6.07, 6.45) is 2.73. The standard InChI is InChI=1S/C16H20N2O5/c1-5-9(14(20)21)12-13(10(6-2)15(22)23)18-11(19)7-8-17(18)16(12,3)4/h5-6,9-10H,1-2,7-8H2,3-4H3,(H,20,21)(H,22,23). The van der Waals surface area contributed by atoms with Crippen molar-refractivity contribution in [1.29, 1.82) is 0 Å². The molecule has 0 aromatic rings. The van der Waals surface area contributed by atoms with Gasteiger partial charge in [-0.25, -0.2) is 10.0 Å². The third-order valence-electron chi connectivity index (χ3n) is 4.43. The lowest BCUT2D eigenvalue weighted by Gasteiger charge is -2.34. The number of fused-ring (bicyclic) bond motifs is 1. The second kappa shape index (κ2) is 5.66. The van der Waals surface area contributed by atoms with Gasteiger partial charge in [0.1, 0.15) is 5.92 Å². The minimum atomic E-state index is -1.18. The molecule has 2 heterocycles. The summed E-state index contributed by atoms with van der Waals surface area (Å²) < 4.78 is 0. The summed E-state index contributed by atoms with van der Waals surface area (Å²) >= 11 is 0. The zero-order valence-electron chi connectivity index (χ0n) is 13.2. The van der Waals surface area contributed by atoms with Crippen LogP contribution >= 0.6 is 0 Å². The summed E-state index contributed by atoms with van der Waals surface area (Å²) in [5.41, 5.74) is -0.275. The Kier molecular flexibility index (Phi) is 4.17. The van der Waals surface area contributed by atoms with Gasteiger partial charge >= 0.3 is 11.9 Å². The van der Waals surface area contributed by atoms with Crippen LogP contribution < -0.4 is 0 Å². The van der Waals surface area contributed by atoms with Crippen LogP contribution in [0.5, 0.6) is 0 Å². The fourth-order valence-corrected chi connectivity index (χ4v) is 3.41. The summed E-state index contributed by atoms with van der Waals surface area (Å²) in [6, 6.07) is 0. The molecule has 124 valence electrons. The molecule has 2 aliphatic rings. The summed E-state index contributed by atoms with van der Waals surface area (Å²) in [6.45, 7) is 11.1. The van der Waals surface area contributed by atoms with Gasteiger partial charge in [0.15, 0.2) is 0 Å². The fraction of sp³-hybridized carbons (Fsp3) is 0.438. The maximum Gasteiger partial charge on any atom is 0.316 e. The number of carbonyl (C=O) groups is 3. The summed E-state index contributed by atoms with van der Waals surface area (Å²) in [5.74, 6) is -4.82. The molecular formula is C16H20N2O5. The molecule has 1 fully saturated rings. The first-order valence-corrected chi connectivity index (χ1v) is 7.24. The molecule has 7 heteroatoms. The van der Waals surface area contributed by atoms with Crippen LogP contribution in [0.15, 0.2) is 36.6 Å². The van der Waals surface area contributed by atoms with E-state index in [1.807, 2.05) is 0 Å². The van der Waals surface area contributed by atoms with Gasteiger partial charge in [-0.1, -0.05) is 12.2 Å². The van der Waals surface area contributed by atoms with Crippen LogP contribution in [0.3, 0.4) is 0 Å². The molecule has 0 radical (unpaired) electrons. The minimum absolute atomic E-state index is 0.173. The van der Waals surface area contributed by atoms with E-state index in [0.717, 1.165) is 0 Å². The van der Waals surface area contributed by atoms with Crippen LogP contribution in [0.4, 0.5) is 0 Å². The Labute approximate surface area is 134 Å². The number of aliphatic carboxylic acids is 2. The van der Waals surface area contributed by atoms with Gasteiger partial charge in [-0.05, 0) is 19.4 Å². The SMILES string of the molecule is C=CC(C(=O)O)C1=C(C(C=C)C(=O)O)C(C)(C)N2CCC(=O)N12. The third-order valence-corrected chi connectivity index (χ3v) is 4.43. The summed E-state index contributed by atoms with van der Waals surface area (Å²) in [4.78, 5) is 35.5. The minimum Gasteiger partial charge on any atom is -0.481 e. The Morgan fingerprint density at radius 2 is 1.70 bits per heavy atom. The molecule has 2 unspecified atom stereocenters. The van der Waals surface area contributed by atoms with Gasteiger partial charge in [-0.3, -0.25) is 14.4 Å². The lowest BCUT2D eigenvalue weighted by atomic mass is 9.80. The molecule has 1 saturated heterocycles. The van der Waals surface area contributed by atoms with Crippen LogP contribution in [-0.2, 0) is 14.4 Å². The second-order valence-corrected chi connectivity index (χ2v) is 6.04. The molecule has 2 N–H and O–H groups in total. The molecule has 23 heavy (non-hydrogen) atoms. The highest BCUT2D eigenvalue weighted by atomic mass is 16.4.